The Labute approximate surface area is 238 Å². The summed E-state index contributed by atoms with van der Waals surface area (Å²) in [5.41, 5.74) is 3.57. The molecule has 208 valence electrons. The van der Waals surface area contributed by atoms with Gasteiger partial charge in [0.15, 0.2) is 5.78 Å². The zero-order valence-corrected chi connectivity index (χ0v) is 22.3. The van der Waals surface area contributed by atoms with Crippen LogP contribution in [0.2, 0.25) is 5.02 Å². The Morgan fingerprint density at radius 3 is 2.29 bits per heavy atom. The highest BCUT2D eigenvalue weighted by Crippen LogP contribution is 2.37. The van der Waals surface area contributed by atoms with E-state index in [1.54, 1.807) is 48.5 Å². The highest BCUT2D eigenvalue weighted by molar-refractivity contribution is 6.31. The normalized spacial score (nSPS) is 12.4. The molecule has 4 aromatic carbocycles. The fourth-order valence-corrected chi connectivity index (χ4v) is 5.12. The van der Waals surface area contributed by atoms with Crippen molar-refractivity contribution < 1.29 is 27.9 Å². The number of carboxylic acid groups (broad SMARTS) is 1. The molecule has 5 aromatic rings. The van der Waals surface area contributed by atoms with E-state index in [2.05, 4.69) is 9.97 Å². The second-order valence-electron chi connectivity index (χ2n) is 9.75. The summed E-state index contributed by atoms with van der Waals surface area (Å²) >= 11 is 6.31. The molecule has 0 spiro atoms. The highest BCUT2D eigenvalue weighted by Gasteiger charge is 2.30. The van der Waals surface area contributed by atoms with Crippen molar-refractivity contribution in [2.24, 2.45) is 0 Å². The molecule has 0 aliphatic rings. The smallest absolute Gasteiger partial charge is 0.389 e. The average molecular weight is 577 g/mol. The minimum Gasteiger partial charge on any atom is -0.478 e. The van der Waals surface area contributed by atoms with Gasteiger partial charge in [0, 0.05) is 29.0 Å². The van der Waals surface area contributed by atoms with Crippen LogP contribution in [-0.2, 0) is 0 Å². The van der Waals surface area contributed by atoms with Gasteiger partial charge in [-0.15, -0.1) is 0 Å². The Bertz CT molecular complexity index is 1700. The lowest BCUT2D eigenvalue weighted by atomic mass is 9.86. The molecule has 0 saturated heterocycles. The van der Waals surface area contributed by atoms with Gasteiger partial charge in [0.1, 0.15) is 5.82 Å². The number of nitrogens with zero attached hydrogens (tertiary/aromatic N) is 1. The molecule has 1 unspecified atom stereocenters. The second-order valence-corrected chi connectivity index (χ2v) is 10.2. The van der Waals surface area contributed by atoms with Crippen molar-refractivity contribution in [3.63, 3.8) is 0 Å². The standard InChI is InChI=1S/C32H24ClF3N2O3/c33-22-11-13-24(30-37-27-8-4-5-9-28(27)38-30)25(18-22)23-12-10-21(16-26(23)31(40)41)29(39)17-20(14-15-32(34,35)36)19-6-2-1-3-7-19/h1-13,16,18,20H,14-15,17H2,(H,37,38)(H,40,41). The van der Waals surface area contributed by atoms with Gasteiger partial charge in [0.05, 0.1) is 16.6 Å². The summed E-state index contributed by atoms with van der Waals surface area (Å²) in [4.78, 5) is 33.6. The highest BCUT2D eigenvalue weighted by atomic mass is 35.5. The van der Waals surface area contributed by atoms with Crippen LogP contribution in [0, 0.1) is 0 Å². The van der Waals surface area contributed by atoms with Gasteiger partial charge in [-0.2, -0.15) is 13.2 Å². The fraction of sp³-hybridized carbons (Fsp3) is 0.156. The van der Waals surface area contributed by atoms with E-state index in [9.17, 15) is 27.9 Å². The number of carboxylic acids is 1. The number of H-pyrrole nitrogens is 1. The number of benzene rings is 4. The van der Waals surface area contributed by atoms with Crippen LogP contribution in [0.1, 0.15) is 51.5 Å². The van der Waals surface area contributed by atoms with Crippen LogP contribution in [0.5, 0.6) is 0 Å². The first-order valence-electron chi connectivity index (χ1n) is 12.9. The van der Waals surface area contributed by atoms with E-state index in [4.69, 9.17) is 11.6 Å². The summed E-state index contributed by atoms with van der Waals surface area (Å²) < 4.78 is 39.1. The maximum Gasteiger partial charge on any atom is 0.389 e. The van der Waals surface area contributed by atoms with Crippen molar-refractivity contribution in [2.45, 2.75) is 31.4 Å². The molecule has 5 nitrogen and oxygen atoms in total. The van der Waals surface area contributed by atoms with Crippen LogP contribution >= 0.6 is 11.6 Å². The van der Waals surface area contributed by atoms with Crippen molar-refractivity contribution in [1.29, 1.82) is 0 Å². The molecule has 0 fully saturated rings. The number of hydrogen-bond acceptors (Lipinski definition) is 3. The van der Waals surface area contributed by atoms with Crippen molar-refractivity contribution in [3.05, 3.63) is 113 Å². The first kappa shape index (κ1) is 28.1. The lowest BCUT2D eigenvalue weighted by Crippen LogP contribution is -2.14. The SMILES string of the molecule is O=C(CC(CCC(F)(F)F)c1ccccc1)c1ccc(-c2cc(Cl)ccc2-c2nc3ccccc3[nH]2)c(C(=O)O)c1. The minimum atomic E-state index is -4.36. The van der Waals surface area contributed by atoms with Gasteiger partial charge in [-0.3, -0.25) is 4.79 Å². The zero-order valence-electron chi connectivity index (χ0n) is 21.6. The first-order chi connectivity index (χ1) is 19.6. The van der Waals surface area contributed by atoms with E-state index in [1.807, 2.05) is 24.3 Å². The molecular formula is C32H24ClF3N2O3. The molecule has 9 heteroatoms. The number of hydrogen-bond donors (Lipinski definition) is 2. The number of carbonyl (C=O) groups is 2. The predicted octanol–water partition coefficient (Wildman–Crippen LogP) is 8.95. The fourth-order valence-electron chi connectivity index (χ4n) is 4.95. The topological polar surface area (TPSA) is 83.0 Å². The number of para-hydroxylation sites is 2. The molecule has 1 heterocycles. The second kappa shape index (κ2) is 11.6. The number of nitrogens with one attached hydrogen (secondary N) is 1. The van der Waals surface area contributed by atoms with Gasteiger partial charge < -0.3 is 10.1 Å². The summed E-state index contributed by atoms with van der Waals surface area (Å²) in [6.07, 6.45) is -5.84. The number of alkyl halides is 3. The molecular weight excluding hydrogens is 553 g/mol. The number of aromatic amines is 1. The van der Waals surface area contributed by atoms with Crippen molar-refractivity contribution in [2.75, 3.05) is 0 Å². The number of Topliss-reactive ketones (excluding diaryl/α,β-unsaturated/α-hetero) is 1. The number of aromatic nitrogens is 2. The Balaban J connectivity index is 1.51. The van der Waals surface area contributed by atoms with Gasteiger partial charge in [-0.05, 0) is 65.4 Å². The number of imidazole rings is 1. The summed E-state index contributed by atoms with van der Waals surface area (Å²) in [5, 5.41) is 10.5. The number of aromatic carboxylic acids is 1. The van der Waals surface area contributed by atoms with Crippen molar-refractivity contribution in [1.82, 2.24) is 9.97 Å². The molecule has 0 aliphatic carbocycles. The maximum atomic E-state index is 13.3. The Morgan fingerprint density at radius 2 is 1.59 bits per heavy atom. The van der Waals surface area contributed by atoms with Crippen LogP contribution in [0.25, 0.3) is 33.5 Å². The van der Waals surface area contributed by atoms with Gasteiger partial charge in [-0.25, -0.2) is 9.78 Å². The Morgan fingerprint density at radius 1 is 0.878 bits per heavy atom. The lowest BCUT2D eigenvalue weighted by Gasteiger charge is -2.18. The molecule has 0 radical (unpaired) electrons. The molecule has 1 atom stereocenters. The zero-order chi connectivity index (χ0) is 29.1. The van der Waals surface area contributed by atoms with Gasteiger partial charge in [0.25, 0.3) is 0 Å². The number of ketones is 1. The largest absolute Gasteiger partial charge is 0.478 e. The van der Waals surface area contributed by atoms with E-state index in [-0.39, 0.29) is 24.0 Å². The molecule has 0 saturated carbocycles. The van der Waals surface area contributed by atoms with Crippen LogP contribution < -0.4 is 0 Å². The Kier molecular flexibility index (Phi) is 7.94. The number of rotatable bonds is 9. The predicted molar refractivity (Wildman–Crippen MR) is 152 cm³/mol. The van der Waals surface area contributed by atoms with E-state index >= 15 is 0 Å². The van der Waals surface area contributed by atoms with Crippen LogP contribution in [0.15, 0.2) is 91.0 Å². The van der Waals surface area contributed by atoms with E-state index < -0.39 is 30.3 Å². The number of carbonyl (C=O) groups excluding carboxylic acids is 1. The summed E-state index contributed by atoms with van der Waals surface area (Å²) in [6, 6.07) is 25.4. The quantitative estimate of drug-likeness (QED) is 0.172. The van der Waals surface area contributed by atoms with Gasteiger partial charge >= 0.3 is 12.1 Å². The third-order valence-electron chi connectivity index (χ3n) is 6.97. The molecule has 2 N–H and O–H groups in total. The molecule has 5 rings (SSSR count). The average Bonchev–Trinajstić information content (AvgIpc) is 3.39. The van der Waals surface area contributed by atoms with E-state index in [1.165, 1.54) is 18.2 Å². The maximum absolute atomic E-state index is 13.3. The number of halogens is 4. The molecule has 1 aromatic heterocycles. The van der Waals surface area contributed by atoms with Crippen molar-refractivity contribution >= 4 is 34.4 Å². The van der Waals surface area contributed by atoms with Crippen LogP contribution in [0.4, 0.5) is 13.2 Å². The number of fused-ring (bicyclic) bond motifs is 1. The monoisotopic (exact) mass is 576 g/mol. The van der Waals surface area contributed by atoms with Crippen LogP contribution in [-0.4, -0.2) is 33.0 Å². The molecule has 0 bridgehead atoms. The third kappa shape index (κ3) is 6.49. The molecule has 41 heavy (non-hydrogen) atoms. The summed E-state index contributed by atoms with van der Waals surface area (Å²) in [7, 11) is 0. The summed E-state index contributed by atoms with van der Waals surface area (Å²) in [5.74, 6) is -1.86. The summed E-state index contributed by atoms with van der Waals surface area (Å²) in [6.45, 7) is 0. The van der Waals surface area contributed by atoms with E-state index in [0.717, 1.165) is 11.0 Å². The van der Waals surface area contributed by atoms with Gasteiger partial charge in [0.2, 0.25) is 0 Å². The Hall–Kier alpha value is -4.43. The molecule has 0 aliphatic heterocycles. The molecule has 0 amide bonds. The third-order valence-corrected chi connectivity index (χ3v) is 7.20. The van der Waals surface area contributed by atoms with Crippen molar-refractivity contribution in [3.8, 4) is 22.5 Å². The minimum absolute atomic E-state index is 0.103. The lowest BCUT2D eigenvalue weighted by molar-refractivity contribution is -0.136. The van der Waals surface area contributed by atoms with Crippen LogP contribution in [0.3, 0.4) is 0 Å². The first-order valence-corrected chi connectivity index (χ1v) is 13.2. The van der Waals surface area contributed by atoms with Gasteiger partial charge in [-0.1, -0.05) is 66.2 Å². The van der Waals surface area contributed by atoms with E-state index in [0.29, 0.717) is 33.1 Å².